The van der Waals surface area contributed by atoms with Gasteiger partial charge in [-0.3, -0.25) is 4.79 Å². The Hall–Kier alpha value is -4.09. The van der Waals surface area contributed by atoms with Gasteiger partial charge >= 0.3 is 0 Å². The number of ether oxygens (including phenoxy) is 2. The van der Waals surface area contributed by atoms with E-state index >= 15 is 0 Å². The number of morpholine rings is 2. The molecule has 5 heterocycles. The smallest absolute Gasteiger partial charge is 0.254 e. The van der Waals surface area contributed by atoms with Crippen LogP contribution in [0.1, 0.15) is 15.9 Å². The molecule has 1 aromatic carbocycles. The summed E-state index contributed by atoms with van der Waals surface area (Å²) in [5, 5.41) is 0.856. The zero-order valence-corrected chi connectivity index (χ0v) is 20.6. The molecule has 0 radical (unpaired) electrons. The second-order valence-corrected chi connectivity index (χ2v) is 9.13. The molecule has 6 rings (SSSR count). The number of aromatic nitrogens is 5. The average Bonchev–Trinajstić information content (AvgIpc) is 3.38. The number of carbonyl (C=O) groups is 1. The van der Waals surface area contributed by atoms with Crippen LogP contribution in [0.2, 0.25) is 0 Å². The van der Waals surface area contributed by atoms with Crippen molar-refractivity contribution >= 4 is 28.8 Å². The van der Waals surface area contributed by atoms with E-state index in [9.17, 15) is 4.79 Å². The molecule has 0 spiro atoms. The van der Waals surface area contributed by atoms with E-state index in [0.717, 1.165) is 33.5 Å². The van der Waals surface area contributed by atoms with Crippen molar-refractivity contribution in [3.63, 3.8) is 0 Å². The lowest BCUT2D eigenvalue weighted by Gasteiger charge is -2.27. The number of amides is 1. The molecule has 190 valence electrons. The minimum absolute atomic E-state index is 0.00403. The maximum atomic E-state index is 13.2. The largest absolute Gasteiger partial charge is 0.378 e. The Kier molecular flexibility index (Phi) is 6.15. The first-order valence-corrected chi connectivity index (χ1v) is 12.4. The van der Waals surface area contributed by atoms with Crippen molar-refractivity contribution < 1.29 is 14.3 Å². The molecule has 4 aromatic rings. The number of hydrogen-bond acceptors (Lipinski definition) is 9. The number of carbonyl (C=O) groups excluding carboxylic acids is 1. The van der Waals surface area contributed by atoms with Crippen molar-refractivity contribution in [3.8, 4) is 16.9 Å². The van der Waals surface area contributed by atoms with Crippen molar-refractivity contribution in [2.24, 2.45) is 0 Å². The standard InChI is InChI=1S/C26H28N8O3/c1-17-2-3-18(24(35)32-6-10-36-11-7-32)14-21(17)34-5-4-20-22(19-15-28-25(27)29-16-19)30-26(31-23(20)34)33-8-12-37-13-9-33/h2-5,14-16H,6-13H2,1H3,(H2,27,28,29). The minimum Gasteiger partial charge on any atom is -0.378 e. The van der Waals surface area contributed by atoms with Crippen molar-refractivity contribution in [2.45, 2.75) is 6.92 Å². The molecule has 1 amide bonds. The number of nitrogens with two attached hydrogens (primary N) is 1. The molecule has 11 nitrogen and oxygen atoms in total. The first-order chi connectivity index (χ1) is 18.1. The molecule has 2 aliphatic heterocycles. The second kappa shape index (κ2) is 9.75. The lowest BCUT2D eigenvalue weighted by Crippen LogP contribution is -2.40. The summed E-state index contributed by atoms with van der Waals surface area (Å²) in [6.07, 6.45) is 5.32. The Morgan fingerprint density at radius 1 is 0.946 bits per heavy atom. The molecular formula is C26H28N8O3. The van der Waals surface area contributed by atoms with E-state index in [1.54, 1.807) is 12.4 Å². The zero-order valence-electron chi connectivity index (χ0n) is 20.6. The maximum absolute atomic E-state index is 13.2. The van der Waals surface area contributed by atoms with Gasteiger partial charge in [0.05, 0.1) is 37.8 Å². The van der Waals surface area contributed by atoms with Crippen LogP contribution in [-0.2, 0) is 9.47 Å². The molecule has 0 saturated carbocycles. The van der Waals surface area contributed by atoms with Crippen molar-refractivity contribution in [3.05, 3.63) is 54.0 Å². The summed E-state index contributed by atoms with van der Waals surface area (Å²) in [5.41, 5.74) is 10.5. The Balaban J connectivity index is 1.48. The van der Waals surface area contributed by atoms with Gasteiger partial charge in [0.2, 0.25) is 11.9 Å². The third kappa shape index (κ3) is 4.47. The maximum Gasteiger partial charge on any atom is 0.254 e. The number of nitrogen functional groups attached to an aromatic ring is 1. The van der Waals surface area contributed by atoms with Crippen LogP contribution in [-0.4, -0.2) is 87.9 Å². The van der Waals surface area contributed by atoms with E-state index in [0.29, 0.717) is 64.1 Å². The fourth-order valence-electron chi connectivity index (χ4n) is 4.73. The molecular weight excluding hydrogens is 472 g/mol. The van der Waals surface area contributed by atoms with Crippen LogP contribution in [0.15, 0.2) is 42.9 Å². The predicted molar refractivity (Wildman–Crippen MR) is 139 cm³/mol. The van der Waals surface area contributed by atoms with Gasteiger partial charge < -0.3 is 29.6 Å². The molecule has 2 fully saturated rings. The van der Waals surface area contributed by atoms with Gasteiger partial charge in [0.15, 0.2) is 5.65 Å². The van der Waals surface area contributed by atoms with Crippen LogP contribution in [0.3, 0.4) is 0 Å². The number of nitrogens with zero attached hydrogens (tertiary/aromatic N) is 7. The lowest BCUT2D eigenvalue weighted by atomic mass is 10.1. The van der Waals surface area contributed by atoms with E-state index in [4.69, 9.17) is 25.2 Å². The summed E-state index contributed by atoms with van der Waals surface area (Å²) in [6.45, 7) is 6.98. The van der Waals surface area contributed by atoms with Crippen LogP contribution < -0.4 is 10.6 Å². The summed E-state index contributed by atoms with van der Waals surface area (Å²) in [4.78, 5) is 35.4. The number of benzene rings is 1. The molecule has 2 saturated heterocycles. The van der Waals surface area contributed by atoms with Crippen molar-refractivity contribution in [1.29, 1.82) is 0 Å². The molecule has 37 heavy (non-hydrogen) atoms. The molecule has 2 aliphatic rings. The van der Waals surface area contributed by atoms with Gasteiger partial charge in [-0.25, -0.2) is 15.0 Å². The Labute approximate surface area is 213 Å². The Morgan fingerprint density at radius 2 is 1.65 bits per heavy atom. The van der Waals surface area contributed by atoms with Crippen molar-refractivity contribution in [1.82, 2.24) is 29.4 Å². The van der Waals surface area contributed by atoms with Crippen LogP contribution in [0.5, 0.6) is 0 Å². The zero-order chi connectivity index (χ0) is 25.4. The van der Waals surface area contributed by atoms with Gasteiger partial charge in [-0.15, -0.1) is 0 Å². The molecule has 0 unspecified atom stereocenters. The molecule has 0 bridgehead atoms. The normalized spacial score (nSPS) is 16.4. The number of hydrogen-bond donors (Lipinski definition) is 1. The molecule has 11 heteroatoms. The topological polar surface area (TPSA) is 125 Å². The third-order valence-corrected chi connectivity index (χ3v) is 6.79. The fraction of sp³-hybridized carbons (Fsp3) is 0.346. The van der Waals surface area contributed by atoms with Crippen LogP contribution in [0.4, 0.5) is 11.9 Å². The van der Waals surface area contributed by atoms with E-state index in [1.165, 1.54) is 0 Å². The number of anilines is 2. The van der Waals surface area contributed by atoms with E-state index in [1.807, 2.05) is 46.9 Å². The summed E-state index contributed by atoms with van der Waals surface area (Å²) in [6, 6.07) is 7.79. The van der Waals surface area contributed by atoms with Crippen molar-refractivity contribution in [2.75, 3.05) is 63.2 Å². The summed E-state index contributed by atoms with van der Waals surface area (Å²) >= 11 is 0. The number of fused-ring (bicyclic) bond motifs is 1. The highest BCUT2D eigenvalue weighted by molar-refractivity contribution is 5.96. The van der Waals surface area contributed by atoms with Gasteiger partial charge in [-0.2, -0.15) is 4.98 Å². The van der Waals surface area contributed by atoms with Crippen LogP contribution >= 0.6 is 0 Å². The molecule has 2 N–H and O–H groups in total. The first-order valence-electron chi connectivity index (χ1n) is 12.4. The summed E-state index contributed by atoms with van der Waals surface area (Å²) in [7, 11) is 0. The monoisotopic (exact) mass is 500 g/mol. The molecule has 0 atom stereocenters. The van der Waals surface area contributed by atoms with E-state index in [2.05, 4.69) is 14.9 Å². The highest BCUT2D eigenvalue weighted by Gasteiger charge is 2.22. The SMILES string of the molecule is Cc1ccc(C(=O)N2CCOCC2)cc1-n1ccc2c(-c3cnc(N)nc3)nc(N3CCOCC3)nc21. The highest BCUT2D eigenvalue weighted by atomic mass is 16.5. The van der Waals surface area contributed by atoms with Gasteiger partial charge in [-0.05, 0) is 30.7 Å². The van der Waals surface area contributed by atoms with Gasteiger partial charge in [-0.1, -0.05) is 6.07 Å². The average molecular weight is 501 g/mol. The lowest BCUT2D eigenvalue weighted by molar-refractivity contribution is 0.0303. The minimum atomic E-state index is 0.00403. The van der Waals surface area contributed by atoms with Crippen LogP contribution in [0, 0.1) is 6.92 Å². The number of aryl methyl sites for hydroxylation is 1. The second-order valence-electron chi connectivity index (χ2n) is 9.13. The van der Waals surface area contributed by atoms with Gasteiger partial charge in [0.25, 0.3) is 5.91 Å². The molecule has 0 aliphatic carbocycles. The van der Waals surface area contributed by atoms with Crippen LogP contribution in [0.25, 0.3) is 28.0 Å². The molecule has 3 aromatic heterocycles. The summed E-state index contributed by atoms with van der Waals surface area (Å²) in [5.74, 6) is 0.822. The fourth-order valence-corrected chi connectivity index (χ4v) is 4.73. The Bertz CT molecular complexity index is 1440. The third-order valence-electron chi connectivity index (χ3n) is 6.79. The Morgan fingerprint density at radius 3 is 2.38 bits per heavy atom. The quantitative estimate of drug-likeness (QED) is 0.448. The highest BCUT2D eigenvalue weighted by Crippen LogP contribution is 2.31. The predicted octanol–water partition coefficient (Wildman–Crippen LogP) is 2.08. The first kappa shape index (κ1) is 23.3. The van der Waals surface area contributed by atoms with E-state index < -0.39 is 0 Å². The van der Waals surface area contributed by atoms with Gasteiger partial charge in [0, 0.05) is 61.3 Å². The van der Waals surface area contributed by atoms with Gasteiger partial charge in [0.1, 0.15) is 0 Å². The number of rotatable bonds is 4. The summed E-state index contributed by atoms with van der Waals surface area (Å²) < 4.78 is 13.0. The van der Waals surface area contributed by atoms with E-state index in [-0.39, 0.29) is 11.9 Å².